The molecule has 5 nitrogen and oxygen atoms in total. The van der Waals surface area contributed by atoms with Crippen molar-refractivity contribution in [1.82, 2.24) is 0 Å². The Kier molecular flexibility index (Phi) is 3.26. The number of carbonyl (C=O) groups excluding carboxylic acids is 1. The van der Waals surface area contributed by atoms with E-state index in [9.17, 15) is 9.59 Å². The summed E-state index contributed by atoms with van der Waals surface area (Å²) in [7, 11) is 0. The van der Waals surface area contributed by atoms with Crippen LogP contribution in [0, 0.1) is 11.8 Å². The van der Waals surface area contributed by atoms with E-state index in [-0.39, 0.29) is 41.3 Å². The van der Waals surface area contributed by atoms with E-state index in [0.717, 1.165) is 0 Å². The summed E-state index contributed by atoms with van der Waals surface area (Å²) >= 11 is 0. The maximum absolute atomic E-state index is 12.3. The van der Waals surface area contributed by atoms with Gasteiger partial charge in [-0.05, 0) is 31.9 Å². The third kappa shape index (κ3) is 2.06. The van der Waals surface area contributed by atoms with E-state index in [1.807, 2.05) is 20.8 Å². The highest BCUT2D eigenvalue weighted by atomic mass is 16.5. The van der Waals surface area contributed by atoms with Gasteiger partial charge in [0.25, 0.3) is 0 Å². The fourth-order valence-corrected chi connectivity index (χ4v) is 2.47. The average Bonchev–Trinajstić information content (AvgIpc) is 2.85. The van der Waals surface area contributed by atoms with Gasteiger partial charge in [-0.3, -0.25) is 4.79 Å². The van der Waals surface area contributed by atoms with Crippen LogP contribution in [0.5, 0.6) is 0 Å². The van der Waals surface area contributed by atoms with Crippen LogP contribution in [-0.4, -0.2) is 29.1 Å². The lowest BCUT2D eigenvalue weighted by Gasteiger charge is -2.15. The molecule has 1 saturated heterocycles. The number of ketones is 1. The minimum atomic E-state index is -1.17. The lowest BCUT2D eigenvalue weighted by atomic mass is 9.85. The van der Waals surface area contributed by atoms with Gasteiger partial charge in [0.1, 0.15) is 0 Å². The van der Waals surface area contributed by atoms with E-state index in [1.165, 1.54) is 12.1 Å². The second kappa shape index (κ2) is 4.57. The molecule has 18 heavy (non-hydrogen) atoms. The minimum absolute atomic E-state index is 0.0165. The van der Waals surface area contributed by atoms with Crippen LogP contribution in [0.4, 0.5) is 0 Å². The fourth-order valence-electron chi connectivity index (χ4n) is 2.47. The van der Waals surface area contributed by atoms with E-state index >= 15 is 0 Å². The van der Waals surface area contributed by atoms with E-state index in [2.05, 4.69) is 0 Å². The monoisotopic (exact) mass is 252 g/mol. The van der Waals surface area contributed by atoms with Crippen LogP contribution in [0.3, 0.4) is 0 Å². The van der Waals surface area contributed by atoms with Crippen LogP contribution in [0.1, 0.15) is 41.9 Å². The number of carboxylic acids is 1. The van der Waals surface area contributed by atoms with Gasteiger partial charge in [0.15, 0.2) is 5.76 Å². The highest BCUT2D eigenvalue weighted by Crippen LogP contribution is 2.34. The molecular weight excluding hydrogens is 236 g/mol. The van der Waals surface area contributed by atoms with Gasteiger partial charge in [0.05, 0.1) is 18.1 Å². The first-order valence-corrected chi connectivity index (χ1v) is 5.94. The Morgan fingerprint density at radius 3 is 2.17 bits per heavy atom. The number of hydrogen-bond acceptors (Lipinski definition) is 4. The van der Waals surface area contributed by atoms with E-state index < -0.39 is 5.97 Å². The standard InChI is InChI=1S/C13H16O5/c1-6-7(2)17-8(3)11(6)12(14)9-4-5-10(18-9)13(15)16/h4-8,11H,1-3H3,(H,15,16). The molecule has 4 unspecified atom stereocenters. The number of carboxylic acid groups (broad SMARTS) is 1. The molecule has 0 spiro atoms. The summed E-state index contributed by atoms with van der Waals surface area (Å²) < 4.78 is 10.7. The Morgan fingerprint density at radius 1 is 1.11 bits per heavy atom. The van der Waals surface area contributed by atoms with E-state index in [4.69, 9.17) is 14.3 Å². The van der Waals surface area contributed by atoms with Crippen molar-refractivity contribution in [2.45, 2.75) is 33.0 Å². The highest BCUT2D eigenvalue weighted by Gasteiger charge is 2.42. The molecule has 2 heterocycles. The van der Waals surface area contributed by atoms with Crippen molar-refractivity contribution in [2.75, 3.05) is 0 Å². The summed E-state index contributed by atoms with van der Waals surface area (Å²) in [5.74, 6) is -1.68. The van der Waals surface area contributed by atoms with Crippen LogP contribution in [0.25, 0.3) is 0 Å². The van der Waals surface area contributed by atoms with Crippen LogP contribution < -0.4 is 0 Å². The van der Waals surface area contributed by atoms with Gasteiger partial charge in [-0.25, -0.2) is 4.79 Å². The molecule has 1 aliphatic heterocycles. The molecule has 4 atom stereocenters. The van der Waals surface area contributed by atoms with Crippen LogP contribution in [0.15, 0.2) is 16.5 Å². The van der Waals surface area contributed by atoms with Crippen molar-refractivity contribution in [2.24, 2.45) is 11.8 Å². The Morgan fingerprint density at radius 2 is 1.72 bits per heavy atom. The highest BCUT2D eigenvalue weighted by molar-refractivity contribution is 5.97. The first-order chi connectivity index (χ1) is 8.41. The molecule has 0 saturated carbocycles. The second-order valence-electron chi connectivity index (χ2n) is 4.76. The third-order valence-electron chi connectivity index (χ3n) is 3.60. The fraction of sp³-hybridized carbons (Fsp3) is 0.538. The molecule has 98 valence electrons. The zero-order chi connectivity index (χ0) is 13.4. The molecule has 0 aromatic carbocycles. The molecule has 2 rings (SSSR count). The molecule has 5 heteroatoms. The molecule has 1 fully saturated rings. The van der Waals surface area contributed by atoms with Gasteiger partial charge in [-0.2, -0.15) is 0 Å². The minimum Gasteiger partial charge on any atom is -0.475 e. The van der Waals surface area contributed by atoms with Crippen LogP contribution >= 0.6 is 0 Å². The van der Waals surface area contributed by atoms with Crippen LogP contribution in [-0.2, 0) is 4.74 Å². The first kappa shape index (κ1) is 12.8. The van der Waals surface area contributed by atoms with Crippen molar-refractivity contribution < 1.29 is 23.8 Å². The second-order valence-corrected chi connectivity index (χ2v) is 4.76. The molecule has 1 aliphatic rings. The van der Waals surface area contributed by atoms with E-state index in [1.54, 1.807) is 0 Å². The molecule has 0 amide bonds. The summed E-state index contributed by atoms with van der Waals surface area (Å²) in [6, 6.07) is 2.71. The lowest BCUT2D eigenvalue weighted by molar-refractivity contribution is 0.0484. The molecule has 1 aromatic heterocycles. The SMILES string of the molecule is CC1OC(C)C(C(=O)c2ccc(C(=O)O)o2)C1C. The number of aromatic carboxylic acids is 1. The molecule has 0 radical (unpaired) electrons. The van der Waals surface area contributed by atoms with E-state index in [0.29, 0.717) is 0 Å². The molecule has 0 aliphatic carbocycles. The molecule has 1 aromatic rings. The quantitative estimate of drug-likeness (QED) is 0.834. The summed E-state index contributed by atoms with van der Waals surface area (Å²) in [5.41, 5.74) is 0. The maximum atomic E-state index is 12.3. The van der Waals surface area contributed by atoms with Crippen molar-refractivity contribution in [1.29, 1.82) is 0 Å². The Balaban J connectivity index is 2.23. The Bertz CT molecular complexity index is 475. The topological polar surface area (TPSA) is 76.7 Å². The summed E-state index contributed by atoms with van der Waals surface area (Å²) in [4.78, 5) is 23.0. The number of carbonyl (C=O) groups is 2. The maximum Gasteiger partial charge on any atom is 0.371 e. The lowest BCUT2D eigenvalue weighted by Crippen LogP contribution is -2.26. The first-order valence-electron chi connectivity index (χ1n) is 5.94. The van der Waals surface area contributed by atoms with Gasteiger partial charge in [-0.1, -0.05) is 6.92 Å². The number of Topliss-reactive ketones (excluding diaryl/α,β-unsaturated/α-hetero) is 1. The van der Waals surface area contributed by atoms with Crippen molar-refractivity contribution in [3.8, 4) is 0 Å². The van der Waals surface area contributed by atoms with Crippen molar-refractivity contribution in [3.63, 3.8) is 0 Å². The summed E-state index contributed by atoms with van der Waals surface area (Å²) in [6.45, 7) is 5.74. The Labute approximate surface area is 105 Å². The van der Waals surface area contributed by atoms with Gasteiger partial charge >= 0.3 is 5.97 Å². The smallest absolute Gasteiger partial charge is 0.371 e. The van der Waals surface area contributed by atoms with Crippen molar-refractivity contribution >= 4 is 11.8 Å². The van der Waals surface area contributed by atoms with Gasteiger partial charge < -0.3 is 14.3 Å². The van der Waals surface area contributed by atoms with Crippen molar-refractivity contribution in [3.05, 3.63) is 23.7 Å². The summed E-state index contributed by atoms with van der Waals surface area (Å²) in [6.07, 6.45) is -0.163. The van der Waals surface area contributed by atoms with Crippen LogP contribution in [0.2, 0.25) is 0 Å². The zero-order valence-electron chi connectivity index (χ0n) is 10.5. The third-order valence-corrected chi connectivity index (χ3v) is 3.60. The number of rotatable bonds is 3. The normalized spacial score (nSPS) is 31.5. The number of furan rings is 1. The predicted molar refractivity (Wildman–Crippen MR) is 62.7 cm³/mol. The molecule has 0 bridgehead atoms. The largest absolute Gasteiger partial charge is 0.475 e. The number of ether oxygens (including phenoxy) is 1. The van der Waals surface area contributed by atoms with Gasteiger partial charge in [-0.15, -0.1) is 0 Å². The molecular formula is C13H16O5. The molecule has 1 N–H and O–H groups in total. The van der Waals surface area contributed by atoms with Gasteiger partial charge in [0.2, 0.25) is 11.5 Å². The predicted octanol–water partition coefficient (Wildman–Crippen LogP) is 2.22. The number of hydrogen-bond donors (Lipinski definition) is 1. The van der Waals surface area contributed by atoms with Gasteiger partial charge in [0, 0.05) is 0 Å². The summed E-state index contributed by atoms with van der Waals surface area (Å²) in [5, 5.41) is 8.76. The zero-order valence-corrected chi connectivity index (χ0v) is 10.5. The Hall–Kier alpha value is -1.62. The average molecular weight is 252 g/mol.